The molecule has 1 aromatic rings. The zero-order chi connectivity index (χ0) is 10.6. The van der Waals surface area contributed by atoms with Crippen molar-refractivity contribution in [2.75, 3.05) is 5.75 Å². The van der Waals surface area contributed by atoms with Gasteiger partial charge < -0.3 is 0 Å². The van der Waals surface area contributed by atoms with Crippen molar-refractivity contribution in [3.05, 3.63) is 44.2 Å². The van der Waals surface area contributed by atoms with Crippen molar-refractivity contribution >= 4 is 24.2 Å². The maximum atomic E-state index is 11.2. The van der Waals surface area contributed by atoms with Gasteiger partial charge >= 0.3 is 5.69 Å². The van der Waals surface area contributed by atoms with Crippen molar-refractivity contribution in [2.45, 2.75) is 6.54 Å². The molecule has 0 aliphatic rings. The Kier molecular flexibility index (Phi) is 4.03. The Morgan fingerprint density at radius 3 is 2.86 bits per heavy atom. The number of thiol groups is 1. The molecule has 14 heavy (non-hydrogen) atoms. The first-order valence-electron chi connectivity index (χ1n) is 3.90. The molecule has 0 fully saturated rings. The summed E-state index contributed by atoms with van der Waals surface area (Å²) in [7, 11) is 0. The van der Waals surface area contributed by atoms with Crippen LogP contribution in [0.15, 0.2) is 27.9 Å². The van der Waals surface area contributed by atoms with Crippen LogP contribution in [-0.2, 0) is 6.54 Å². The molecule has 0 atom stereocenters. The highest BCUT2D eigenvalue weighted by Gasteiger charge is 1.99. The van der Waals surface area contributed by atoms with E-state index in [0.717, 1.165) is 0 Å². The lowest BCUT2D eigenvalue weighted by Gasteiger charge is -2.00. The van der Waals surface area contributed by atoms with E-state index in [9.17, 15) is 9.59 Å². The monoisotopic (exact) mass is 232 g/mol. The predicted octanol–water partition coefficient (Wildman–Crippen LogP) is 0.676. The Morgan fingerprint density at radius 2 is 2.21 bits per heavy atom. The van der Waals surface area contributed by atoms with Crippen LogP contribution < -0.4 is 11.2 Å². The van der Waals surface area contributed by atoms with Gasteiger partial charge in [-0.05, 0) is 0 Å². The molecule has 1 N–H and O–H groups in total. The van der Waals surface area contributed by atoms with Crippen LogP contribution in [0.25, 0.3) is 0 Å². The number of allylic oxidation sites excluding steroid dienone is 1. The van der Waals surface area contributed by atoms with Gasteiger partial charge in [0.05, 0.1) is 0 Å². The van der Waals surface area contributed by atoms with Crippen LogP contribution in [0, 0.1) is 0 Å². The minimum atomic E-state index is -0.564. The van der Waals surface area contributed by atoms with Gasteiger partial charge in [-0.3, -0.25) is 14.3 Å². The average molecular weight is 233 g/mol. The Labute approximate surface area is 90.6 Å². The third kappa shape index (κ3) is 2.78. The molecule has 0 aliphatic heterocycles. The summed E-state index contributed by atoms with van der Waals surface area (Å²) >= 11 is 9.53. The van der Waals surface area contributed by atoms with Crippen LogP contribution in [0.4, 0.5) is 0 Å². The first-order chi connectivity index (χ1) is 6.65. The van der Waals surface area contributed by atoms with E-state index in [1.165, 1.54) is 10.8 Å². The van der Waals surface area contributed by atoms with E-state index in [1.54, 1.807) is 12.2 Å². The van der Waals surface area contributed by atoms with Gasteiger partial charge in [0.15, 0.2) is 0 Å². The first-order valence-corrected chi connectivity index (χ1v) is 4.91. The predicted molar refractivity (Wildman–Crippen MR) is 59.3 cm³/mol. The standard InChI is InChI=1S/C8H9ClN2O2S/c9-6-5-11(3-1-2-4-14)8(13)10-7(6)12/h1-2,5,14H,3-4H2,(H,10,12,13)/b2-1+. The van der Waals surface area contributed by atoms with E-state index >= 15 is 0 Å². The zero-order valence-corrected chi connectivity index (χ0v) is 8.89. The lowest BCUT2D eigenvalue weighted by Crippen LogP contribution is -2.29. The van der Waals surface area contributed by atoms with Crippen LogP contribution >= 0.6 is 24.2 Å². The van der Waals surface area contributed by atoms with E-state index in [0.29, 0.717) is 12.3 Å². The van der Waals surface area contributed by atoms with Gasteiger partial charge in [-0.15, -0.1) is 0 Å². The third-order valence-corrected chi connectivity index (χ3v) is 2.02. The molecule has 0 amide bonds. The van der Waals surface area contributed by atoms with Crippen molar-refractivity contribution in [2.24, 2.45) is 0 Å². The van der Waals surface area contributed by atoms with Crippen LogP contribution in [-0.4, -0.2) is 15.3 Å². The van der Waals surface area contributed by atoms with Crippen molar-refractivity contribution in [3.8, 4) is 0 Å². The normalized spacial score (nSPS) is 11.0. The smallest absolute Gasteiger partial charge is 0.295 e. The molecule has 4 nitrogen and oxygen atoms in total. The van der Waals surface area contributed by atoms with Gasteiger partial charge in [0.1, 0.15) is 5.02 Å². The fourth-order valence-corrected chi connectivity index (χ4v) is 1.20. The van der Waals surface area contributed by atoms with Crippen LogP contribution in [0.1, 0.15) is 0 Å². The molecule has 0 spiro atoms. The van der Waals surface area contributed by atoms with Crippen molar-refractivity contribution < 1.29 is 0 Å². The molecule has 0 saturated heterocycles. The Bertz CT molecular complexity index is 449. The summed E-state index contributed by atoms with van der Waals surface area (Å²) in [6.07, 6.45) is 4.88. The second-order valence-corrected chi connectivity index (χ2v) is 3.32. The molecule has 76 valence electrons. The summed E-state index contributed by atoms with van der Waals surface area (Å²) in [5, 5.41) is 0.00359. The fourth-order valence-electron chi connectivity index (χ4n) is 0.881. The van der Waals surface area contributed by atoms with Crippen LogP contribution in [0.2, 0.25) is 5.02 Å². The summed E-state index contributed by atoms with van der Waals surface area (Å²) in [5.74, 6) is 0.603. The molecule has 0 bridgehead atoms. The number of halogens is 1. The second kappa shape index (κ2) is 5.07. The van der Waals surface area contributed by atoms with Gasteiger partial charge in [-0.25, -0.2) is 4.79 Å². The van der Waals surface area contributed by atoms with E-state index in [-0.39, 0.29) is 5.02 Å². The van der Waals surface area contributed by atoms with Gasteiger partial charge in [-0.2, -0.15) is 12.6 Å². The number of hydrogen-bond acceptors (Lipinski definition) is 3. The minimum absolute atomic E-state index is 0.00359. The van der Waals surface area contributed by atoms with Crippen molar-refractivity contribution in [1.29, 1.82) is 0 Å². The summed E-state index contributed by atoms with van der Waals surface area (Å²) in [5.41, 5.74) is -1.03. The minimum Gasteiger partial charge on any atom is -0.295 e. The lowest BCUT2D eigenvalue weighted by molar-refractivity contribution is 0.736. The largest absolute Gasteiger partial charge is 0.328 e. The van der Waals surface area contributed by atoms with Gasteiger partial charge in [0.25, 0.3) is 5.56 Å². The number of nitrogens with one attached hydrogen (secondary N) is 1. The lowest BCUT2D eigenvalue weighted by atomic mass is 10.5. The molecule has 0 radical (unpaired) electrons. The molecular weight excluding hydrogens is 224 g/mol. The third-order valence-electron chi connectivity index (χ3n) is 1.54. The van der Waals surface area contributed by atoms with E-state index in [2.05, 4.69) is 17.6 Å². The molecular formula is C8H9ClN2O2S. The molecule has 1 aromatic heterocycles. The average Bonchev–Trinajstić information content (AvgIpc) is 2.14. The molecule has 0 unspecified atom stereocenters. The highest BCUT2D eigenvalue weighted by molar-refractivity contribution is 7.80. The number of hydrogen-bond donors (Lipinski definition) is 2. The highest BCUT2D eigenvalue weighted by atomic mass is 35.5. The van der Waals surface area contributed by atoms with E-state index in [1.807, 2.05) is 0 Å². The first kappa shape index (κ1) is 11.1. The number of nitrogens with zero attached hydrogens (tertiary/aromatic N) is 1. The van der Waals surface area contributed by atoms with E-state index < -0.39 is 11.2 Å². The SMILES string of the molecule is O=c1[nH]c(=O)n(C/C=C/CS)cc1Cl. The van der Waals surface area contributed by atoms with Crippen LogP contribution in [0.5, 0.6) is 0 Å². The number of H-pyrrole nitrogens is 1. The fraction of sp³-hybridized carbons (Fsp3) is 0.250. The molecule has 6 heteroatoms. The summed E-state index contributed by atoms with van der Waals surface area (Å²) < 4.78 is 1.31. The maximum Gasteiger partial charge on any atom is 0.328 e. The zero-order valence-electron chi connectivity index (χ0n) is 7.24. The Morgan fingerprint density at radius 1 is 1.50 bits per heavy atom. The molecule has 1 heterocycles. The molecule has 0 aromatic carbocycles. The summed E-state index contributed by atoms with van der Waals surface area (Å²) in [4.78, 5) is 24.2. The van der Waals surface area contributed by atoms with Gasteiger partial charge in [0.2, 0.25) is 0 Å². The number of rotatable bonds is 3. The van der Waals surface area contributed by atoms with Gasteiger partial charge in [0, 0.05) is 18.5 Å². The summed E-state index contributed by atoms with van der Waals surface area (Å²) in [6.45, 7) is 0.371. The van der Waals surface area contributed by atoms with Crippen molar-refractivity contribution in [3.63, 3.8) is 0 Å². The quantitative estimate of drug-likeness (QED) is 0.595. The second-order valence-electron chi connectivity index (χ2n) is 2.54. The molecule has 0 saturated carbocycles. The topological polar surface area (TPSA) is 54.9 Å². The highest BCUT2D eigenvalue weighted by Crippen LogP contribution is 1.95. The molecule has 1 rings (SSSR count). The maximum absolute atomic E-state index is 11.2. The molecule has 0 aliphatic carbocycles. The summed E-state index contributed by atoms with van der Waals surface area (Å²) in [6, 6.07) is 0. The number of aromatic nitrogens is 2. The van der Waals surface area contributed by atoms with Crippen LogP contribution in [0.3, 0.4) is 0 Å². The Balaban J connectivity index is 2.99. The van der Waals surface area contributed by atoms with E-state index in [4.69, 9.17) is 11.6 Å². The Hall–Kier alpha value is -0.940. The number of aromatic amines is 1. The van der Waals surface area contributed by atoms with Gasteiger partial charge in [-0.1, -0.05) is 23.8 Å². The van der Waals surface area contributed by atoms with Crippen molar-refractivity contribution in [1.82, 2.24) is 9.55 Å².